The summed E-state index contributed by atoms with van der Waals surface area (Å²) >= 11 is 0. The van der Waals surface area contributed by atoms with E-state index >= 15 is 0 Å². The Morgan fingerprint density at radius 1 is 1.15 bits per heavy atom. The van der Waals surface area contributed by atoms with E-state index in [1.54, 1.807) is 30.3 Å². The zero-order valence-electron chi connectivity index (χ0n) is 17.3. The number of ether oxygens (including phenoxy) is 2. The summed E-state index contributed by atoms with van der Waals surface area (Å²) in [5, 5.41) is 14.9. The standard InChI is InChI=1S/C23H20FN3O6/c24-16-8-4-5-9-18(16)27-20(28)10-17(26-27)22(31)25-23(12-21(29)30,19-13-32-14-33-19)11-15-6-2-1-3-7-15/h1-10,13,26H,11-12,14H2,(H,25,31)(H,29,30). The van der Waals surface area contributed by atoms with Crippen molar-refractivity contribution in [1.29, 1.82) is 0 Å². The van der Waals surface area contributed by atoms with Crippen LogP contribution < -0.4 is 10.9 Å². The Morgan fingerprint density at radius 3 is 2.55 bits per heavy atom. The third kappa shape index (κ3) is 4.64. The predicted molar refractivity (Wildman–Crippen MR) is 114 cm³/mol. The molecule has 1 unspecified atom stereocenters. The quantitative estimate of drug-likeness (QED) is 0.481. The number of aromatic nitrogens is 2. The third-order valence-electron chi connectivity index (χ3n) is 5.16. The first-order valence-corrected chi connectivity index (χ1v) is 9.98. The molecule has 4 rings (SSSR count). The van der Waals surface area contributed by atoms with Crippen molar-refractivity contribution in [1.82, 2.24) is 15.1 Å². The second-order valence-electron chi connectivity index (χ2n) is 7.47. The lowest BCUT2D eigenvalue weighted by Gasteiger charge is -2.33. The maximum Gasteiger partial charge on any atom is 0.306 e. The number of amides is 1. The molecule has 0 fully saturated rings. The fourth-order valence-corrected chi connectivity index (χ4v) is 3.69. The maximum absolute atomic E-state index is 14.1. The van der Waals surface area contributed by atoms with Crippen LogP contribution >= 0.6 is 0 Å². The van der Waals surface area contributed by atoms with Gasteiger partial charge in [-0.1, -0.05) is 42.5 Å². The zero-order valence-corrected chi connectivity index (χ0v) is 17.3. The Labute approximate surface area is 187 Å². The molecule has 0 radical (unpaired) electrons. The van der Waals surface area contributed by atoms with Crippen LogP contribution in [0.4, 0.5) is 4.39 Å². The molecule has 33 heavy (non-hydrogen) atoms. The molecule has 2 aromatic carbocycles. The number of carboxylic acid groups (broad SMARTS) is 1. The second kappa shape index (κ2) is 9.03. The second-order valence-corrected chi connectivity index (χ2v) is 7.47. The van der Waals surface area contributed by atoms with Gasteiger partial charge in [0.2, 0.25) is 6.79 Å². The summed E-state index contributed by atoms with van der Waals surface area (Å²) in [5.74, 6) is -2.46. The van der Waals surface area contributed by atoms with E-state index in [-0.39, 0.29) is 30.4 Å². The lowest BCUT2D eigenvalue weighted by Crippen LogP contribution is -2.53. The molecule has 9 nitrogen and oxygen atoms in total. The van der Waals surface area contributed by atoms with Gasteiger partial charge in [-0.2, -0.15) is 0 Å². The first-order chi connectivity index (χ1) is 15.9. The van der Waals surface area contributed by atoms with Gasteiger partial charge in [0, 0.05) is 12.5 Å². The summed E-state index contributed by atoms with van der Waals surface area (Å²) in [6.45, 7) is -0.123. The first-order valence-electron chi connectivity index (χ1n) is 9.98. The molecule has 0 bridgehead atoms. The van der Waals surface area contributed by atoms with Gasteiger partial charge in [-0.25, -0.2) is 9.07 Å². The number of carbonyl (C=O) groups excluding carboxylic acids is 1. The normalized spacial score (nSPS) is 14.5. The summed E-state index contributed by atoms with van der Waals surface area (Å²) in [6.07, 6.45) is 0.833. The smallest absolute Gasteiger partial charge is 0.306 e. The molecular weight excluding hydrogens is 433 g/mol. The molecular formula is C23H20FN3O6. The fourth-order valence-electron chi connectivity index (χ4n) is 3.69. The van der Waals surface area contributed by atoms with Crippen molar-refractivity contribution in [2.45, 2.75) is 18.4 Å². The Kier molecular flexibility index (Phi) is 5.99. The number of carbonyl (C=O) groups is 2. The van der Waals surface area contributed by atoms with Crippen LogP contribution in [0.15, 0.2) is 77.5 Å². The minimum Gasteiger partial charge on any atom is -0.481 e. The molecule has 1 aromatic heterocycles. The molecule has 170 valence electrons. The van der Waals surface area contributed by atoms with E-state index in [2.05, 4.69) is 10.4 Å². The average Bonchev–Trinajstić information content (AvgIpc) is 3.45. The highest BCUT2D eigenvalue weighted by atomic mass is 19.1. The van der Waals surface area contributed by atoms with E-state index in [1.165, 1.54) is 24.5 Å². The van der Waals surface area contributed by atoms with Gasteiger partial charge in [0.1, 0.15) is 29.0 Å². The van der Waals surface area contributed by atoms with Crippen molar-refractivity contribution in [3.8, 4) is 5.69 Å². The van der Waals surface area contributed by atoms with Gasteiger partial charge >= 0.3 is 5.97 Å². The Balaban J connectivity index is 1.71. The molecule has 10 heteroatoms. The Hall–Kier alpha value is -4.34. The van der Waals surface area contributed by atoms with Gasteiger partial charge < -0.3 is 19.9 Å². The molecule has 0 saturated heterocycles. The van der Waals surface area contributed by atoms with Gasteiger partial charge in [-0.15, -0.1) is 0 Å². The fraction of sp³-hybridized carbons (Fsp3) is 0.174. The summed E-state index contributed by atoms with van der Waals surface area (Å²) in [6, 6.07) is 15.6. The summed E-state index contributed by atoms with van der Waals surface area (Å²) in [5.41, 5.74) is -1.65. The first kappa shape index (κ1) is 21.9. The zero-order chi connectivity index (χ0) is 23.4. The number of nitrogens with zero attached hydrogens (tertiary/aromatic N) is 1. The van der Waals surface area contributed by atoms with Crippen molar-refractivity contribution in [3.05, 3.63) is 100 Å². The number of H-pyrrole nitrogens is 1. The van der Waals surface area contributed by atoms with Crippen LogP contribution in [-0.4, -0.2) is 39.1 Å². The van der Waals surface area contributed by atoms with E-state index in [9.17, 15) is 23.9 Å². The number of nitrogens with one attached hydrogen (secondary N) is 2. The van der Waals surface area contributed by atoms with Crippen LogP contribution in [0.5, 0.6) is 0 Å². The molecule has 3 N–H and O–H groups in total. The molecule has 3 aromatic rings. The van der Waals surface area contributed by atoms with Crippen molar-refractivity contribution in [3.63, 3.8) is 0 Å². The lowest BCUT2D eigenvalue weighted by molar-refractivity contribution is -0.138. The van der Waals surface area contributed by atoms with Crippen molar-refractivity contribution < 1.29 is 28.6 Å². The third-order valence-corrected chi connectivity index (χ3v) is 5.16. The number of carboxylic acids is 1. The highest BCUT2D eigenvalue weighted by Crippen LogP contribution is 2.30. The summed E-state index contributed by atoms with van der Waals surface area (Å²) < 4.78 is 25.6. The Morgan fingerprint density at radius 2 is 1.88 bits per heavy atom. The molecule has 2 heterocycles. The number of para-hydroxylation sites is 1. The van der Waals surface area contributed by atoms with Gasteiger partial charge in [-0.3, -0.25) is 19.5 Å². The van der Waals surface area contributed by atoms with Crippen molar-refractivity contribution >= 4 is 11.9 Å². The summed E-state index contributed by atoms with van der Waals surface area (Å²) in [7, 11) is 0. The summed E-state index contributed by atoms with van der Waals surface area (Å²) in [4.78, 5) is 37.4. The molecule has 1 atom stereocenters. The highest BCUT2D eigenvalue weighted by Gasteiger charge is 2.42. The maximum atomic E-state index is 14.1. The Bertz CT molecular complexity index is 1270. The van der Waals surface area contributed by atoms with Crippen LogP contribution in [0.2, 0.25) is 0 Å². The molecule has 0 aliphatic carbocycles. The van der Waals surface area contributed by atoms with Crippen molar-refractivity contribution in [2.75, 3.05) is 6.79 Å². The van der Waals surface area contributed by atoms with Crippen LogP contribution in [0.1, 0.15) is 22.5 Å². The largest absolute Gasteiger partial charge is 0.481 e. The minimum atomic E-state index is -1.50. The van der Waals surface area contributed by atoms with Crippen LogP contribution in [0, 0.1) is 5.82 Å². The SMILES string of the molecule is O=C(O)CC(Cc1ccccc1)(NC(=O)c1cc(=O)n(-c2ccccc2F)[nH]1)C1=COCO1. The van der Waals surface area contributed by atoms with Crippen LogP contribution in [-0.2, 0) is 20.7 Å². The molecule has 1 aliphatic rings. The minimum absolute atomic E-state index is 0.0575. The van der Waals surface area contributed by atoms with E-state index in [0.29, 0.717) is 0 Å². The molecule has 0 spiro atoms. The number of rotatable bonds is 8. The van der Waals surface area contributed by atoms with E-state index in [4.69, 9.17) is 9.47 Å². The number of hydrogen-bond donors (Lipinski definition) is 3. The molecule has 0 saturated carbocycles. The van der Waals surface area contributed by atoms with E-state index < -0.39 is 35.2 Å². The van der Waals surface area contributed by atoms with E-state index in [1.807, 2.05) is 6.07 Å². The number of hydrogen-bond acceptors (Lipinski definition) is 5. The average molecular weight is 453 g/mol. The van der Waals surface area contributed by atoms with E-state index in [0.717, 1.165) is 16.3 Å². The van der Waals surface area contributed by atoms with Gasteiger partial charge in [0.15, 0.2) is 5.76 Å². The number of aromatic amines is 1. The number of aliphatic carboxylic acids is 1. The van der Waals surface area contributed by atoms with Gasteiger partial charge in [0.05, 0.1) is 6.42 Å². The van der Waals surface area contributed by atoms with Gasteiger partial charge in [-0.05, 0) is 17.7 Å². The number of benzene rings is 2. The van der Waals surface area contributed by atoms with Crippen LogP contribution in [0.25, 0.3) is 5.69 Å². The topological polar surface area (TPSA) is 123 Å². The van der Waals surface area contributed by atoms with Gasteiger partial charge in [0.25, 0.3) is 11.5 Å². The highest BCUT2D eigenvalue weighted by molar-refractivity contribution is 5.93. The van der Waals surface area contributed by atoms with Crippen molar-refractivity contribution in [2.24, 2.45) is 0 Å². The predicted octanol–water partition coefficient (Wildman–Crippen LogP) is 2.34. The molecule has 1 aliphatic heterocycles. The molecule has 1 amide bonds. The van der Waals surface area contributed by atoms with Crippen LogP contribution in [0.3, 0.4) is 0 Å². The lowest BCUT2D eigenvalue weighted by atomic mass is 9.85. The monoisotopic (exact) mass is 453 g/mol. The number of halogens is 1.